The van der Waals surface area contributed by atoms with E-state index in [1.807, 2.05) is 24.3 Å². The first-order valence-corrected chi connectivity index (χ1v) is 7.31. The Morgan fingerprint density at radius 1 is 0.857 bits per heavy atom. The molecular formula is C19H17NO. The summed E-state index contributed by atoms with van der Waals surface area (Å²) in [5.41, 5.74) is 11.1. The maximum absolute atomic E-state index is 10.7. The van der Waals surface area contributed by atoms with E-state index < -0.39 is 6.10 Å². The summed E-state index contributed by atoms with van der Waals surface area (Å²) >= 11 is 0. The van der Waals surface area contributed by atoms with E-state index in [9.17, 15) is 5.11 Å². The van der Waals surface area contributed by atoms with Gasteiger partial charge in [0.25, 0.3) is 0 Å². The van der Waals surface area contributed by atoms with Gasteiger partial charge in [0.2, 0.25) is 0 Å². The van der Waals surface area contributed by atoms with Crippen molar-refractivity contribution in [3.05, 3.63) is 76.9 Å². The van der Waals surface area contributed by atoms with E-state index >= 15 is 0 Å². The van der Waals surface area contributed by atoms with E-state index in [1.54, 1.807) is 0 Å². The molecule has 1 aliphatic rings. The number of rotatable bonds is 2. The van der Waals surface area contributed by atoms with Crippen molar-refractivity contribution in [3.63, 3.8) is 0 Å². The Morgan fingerprint density at radius 3 is 2.33 bits per heavy atom. The number of aliphatic hydroxyl groups excluding tert-OH is 1. The van der Waals surface area contributed by atoms with Gasteiger partial charge in [0, 0.05) is 5.69 Å². The first-order valence-electron chi connectivity index (χ1n) is 7.31. The van der Waals surface area contributed by atoms with Crippen molar-refractivity contribution < 1.29 is 5.11 Å². The van der Waals surface area contributed by atoms with Gasteiger partial charge in [-0.1, -0.05) is 42.5 Å². The van der Waals surface area contributed by atoms with Crippen LogP contribution in [0.4, 0.5) is 5.69 Å². The standard InChI is InChI=1S/C19H17NO/c20-15-9-6-14(7-10-15)19(21)17-11-8-13-5-4-12-2-1-3-16(17)18(12)13/h1-3,6-11,19,21H,4-5,20H2. The van der Waals surface area contributed by atoms with E-state index in [-0.39, 0.29) is 0 Å². The van der Waals surface area contributed by atoms with Gasteiger partial charge < -0.3 is 10.8 Å². The molecule has 0 spiro atoms. The molecule has 0 bridgehead atoms. The normalized spacial score (nSPS) is 14.5. The van der Waals surface area contributed by atoms with Crippen LogP contribution >= 0.6 is 0 Å². The van der Waals surface area contributed by atoms with Crippen LogP contribution < -0.4 is 5.73 Å². The number of nitrogen functional groups attached to an aromatic ring is 1. The molecule has 0 saturated heterocycles. The molecule has 104 valence electrons. The molecule has 1 unspecified atom stereocenters. The van der Waals surface area contributed by atoms with Gasteiger partial charge in [0.15, 0.2) is 0 Å². The lowest BCUT2D eigenvalue weighted by molar-refractivity contribution is 0.222. The minimum absolute atomic E-state index is 0.615. The average molecular weight is 275 g/mol. The Labute approximate surface area is 123 Å². The zero-order valence-electron chi connectivity index (χ0n) is 11.7. The summed E-state index contributed by atoms with van der Waals surface area (Å²) in [6, 6.07) is 18.1. The van der Waals surface area contributed by atoms with Crippen LogP contribution in [0.2, 0.25) is 0 Å². The highest BCUT2D eigenvalue weighted by Crippen LogP contribution is 2.36. The number of hydrogen-bond acceptors (Lipinski definition) is 2. The van der Waals surface area contributed by atoms with Crippen molar-refractivity contribution >= 4 is 16.5 Å². The molecule has 21 heavy (non-hydrogen) atoms. The summed E-state index contributed by atoms with van der Waals surface area (Å²) in [6.07, 6.45) is 1.60. The van der Waals surface area contributed by atoms with Crippen LogP contribution in [0.5, 0.6) is 0 Å². The molecular weight excluding hydrogens is 258 g/mol. The molecule has 0 saturated carbocycles. The lowest BCUT2D eigenvalue weighted by Gasteiger charge is -2.15. The van der Waals surface area contributed by atoms with Crippen molar-refractivity contribution in [1.82, 2.24) is 0 Å². The molecule has 1 atom stereocenters. The fourth-order valence-electron chi connectivity index (χ4n) is 3.37. The number of aliphatic hydroxyl groups is 1. The molecule has 4 rings (SSSR count). The highest BCUT2D eigenvalue weighted by Gasteiger charge is 2.19. The molecule has 0 radical (unpaired) electrons. The maximum atomic E-state index is 10.7. The molecule has 0 aliphatic heterocycles. The highest BCUT2D eigenvalue weighted by atomic mass is 16.3. The predicted octanol–water partition coefficient (Wildman–Crippen LogP) is 3.60. The summed E-state index contributed by atoms with van der Waals surface area (Å²) in [5.74, 6) is 0. The van der Waals surface area contributed by atoms with Crippen LogP contribution in [-0.2, 0) is 12.8 Å². The molecule has 0 fully saturated rings. The topological polar surface area (TPSA) is 46.2 Å². The predicted molar refractivity (Wildman–Crippen MR) is 86.3 cm³/mol. The first-order chi connectivity index (χ1) is 10.2. The molecule has 0 aromatic heterocycles. The van der Waals surface area contributed by atoms with Gasteiger partial charge in [-0.3, -0.25) is 0 Å². The number of nitrogens with two attached hydrogens (primary N) is 1. The summed E-state index contributed by atoms with van der Waals surface area (Å²) in [7, 11) is 0. The Morgan fingerprint density at radius 2 is 1.57 bits per heavy atom. The summed E-state index contributed by atoms with van der Waals surface area (Å²) in [4.78, 5) is 0. The van der Waals surface area contributed by atoms with Crippen molar-refractivity contribution in [2.75, 3.05) is 5.73 Å². The van der Waals surface area contributed by atoms with Gasteiger partial charge in [-0.05, 0) is 58.0 Å². The molecule has 3 aromatic carbocycles. The third kappa shape index (κ3) is 1.91. The monoisotopic (exact) mass is 275 g/mol. The van der Waals surface area contributed by atoms with Gasteiger partial charge in [-0.25, -0.2) is 0 Å². The number of aryl methyl sites for hydroxylation is 2. The van der Waals surface area contributed by atoms with E-state index in [1.165, 1.54) is 21.9 Å². The molecule has 2 nitrogen and oxygen atoms in total. The minimum atomic E-state index is -0.615. The van der Waals surface area contributed by atoms with Crippen molar-refractivity contribution in [2.45, 2.75) is 18.9 Å². The first kappa shape index (κ1) is 12.4. The van der Waals surface area contributed by atoms with E-state index in [0.29, 0.717) is 5.69 Å². The lowest BCUT2D eigenvalue weighted by Crippen LogP contribution is -2.01. The molecule has 3 aromatic rings. The van der Waals surface area contributed by atoms with E-state index in [2.05, 4.69) is 30.3 Å². The smallest absolute Gasteiger partial charge is 0.105 e. The fraction of sp³-hybridized carbons (Fsp3) is 0.158. The largest absolute Gasteiger partial charge is 0.399 e. The molecule has 0 amide bonds. The third-order valence-corrected chi connectivity index (χ3v) is 4.46. The summed E-state index contributed by atoms with van der Waals surface area (Å²) in [6.45, 7) is 0. The van der Waals surface area contributed by atoms with Crippen LogP contribution in [0.15, 0.2) is 54.6 Å². The summed E-state index contributed by atoms with van der Waals surface area (Å²) < 4.78 is 0. The van der Waals surface area contributed by atoms with Crippen LogP contribution in [0.25, 0.3) is 10.8 Å². The van der Waals surface area contributed by atoms with Crippen LogP contribution in [0.1, 0.15) is 28.4 Å². The second-order valence-electron chi connectivity index (χ2n) is 5.72. The molecule has 2 heteroatoms. The number of hydrogen-bond donors (Lipinski definition) is 2. The zero-order chi connectivity index (χ0) is 14.4. The Hall–Kier alpha value is -2.32. The Balaban J connectivity index is 1.89. The van der Waals surface area contributed by atoms with Crippen molar-refractivity contribution in [2.24, 2.45) is 0 Å². The second kappa shape index (κ2) is 4.61. The van der Waals surface area contributed by atoms with Gasteiger partial charge in [0.05, 0.1) is 0 Å². The second-order valence-corrected chi connectivity index (χ2v) is 5.72. The van der Waals surface area contributed by atoms with Gasteiger partial charge in [0.1, 0.15) is 6.10 Å². The quantitative estimate of drug-likeness (QED) is 0.702. The van der Waals surface area contributed by atoms with Crippen molar-refractivity contribution in [1.29, 1.82) is 0 Å². The number of anilines is 1. The Bertz CT molecular complexity index is 811. The maximum Gasteiger partial charge on any atom is 0.105 e. The zero-order valence-corrected chi connectivity index (χ0v) is 11.7. The minimum Gasteiger partial charge on any atom is -0.399 e. The van der Waals surface area contributed by atoms with E-state index in [0.717, 1.165) is 24.0 Å². The number of benzene rings is 3. The molecule has 1 aliphatic carbocycles. The highest BCUT2D eigenvalue weighted by molar-refractivity contribution is 5.93. The SMILES string of the molecule is Nc1ccc(C(O)c2ccc3c4c(cccc24)CC3)cc1. The average Bonchev–Trinajstić information content (AvgIpc) is 2.93. The lowest BCUT2D eigenvalue weighted by atomic mass is 9.93. The third-order valence-electron chi connectivity index (χ3n) is 4.46. The van der Waals surface area contributed by atoms with Gasteiger partial charge in [-0.15, -0.1) is 0 Å². The Kier molecular flexibility index (Phi) is 2.72. The molecule has 0 heterocycles. The summed E-state index contributed by atoms with van der Waals surface area (Å²) in [5, 5.41) is 13.3. The van der Waals surface area contributed by atoms with Crippen LogP contribution in [0, 0.1) is 0 Å². The van der Waals surface area contributed by atoms with E-state index in [4.69, 9.17) is 5.73 Å². The fourth-order valence-corrected chi connectivity index (χ4v) is 3.37. The van der Waals surface area contributed by atoms with Crippen LogP contribution in [-0.4, -0.2) is 5.11 Å². The molecule has 3 N–H and O–H groups in total. The van der Waals surface area contributed by atoms with Gasteiger partial charge >= 0.3 is 0 Å². The van der Waals surface area contributed by atoms with Gasteiger partial charge in [-0.2, -0.15) is 0 Å². The van der Waals surface area contributed by atoms with Crippen LogP contribution in [0.3, 0.4) is 0 Å². The van der Waals surface area contributed by atoms with Crippen molar-refractivity contribution in [3.8, 4) is 0 Å².